The van der Waals surface area contributed by atoms with Crippen LogP contribution in [0.15, 0.2) is 54.9 Å². The van der Waals surface area contributed by atoms with E-state index in [1.807, 2.05) is 31.2 Å². The zero-order valence-electron chi connectivity index (χ0n) is 13.9. The van der Waals surface area contributed by atoms with Gasteiger partial charge in [0.1, 0.15) is 12.1 Å². The number of rotatable bonds is 6. The second-order valence-corrected chi connectivity index (χ2v) is 5.42. The molecule has 0 saturated carbocycles. The molecule has 3 aromatic rings. The summed E-state index contributed by atoms with van der Waals surface area (Å²) in [5, 5.41) is 17.3. The van der Waals surface area contributed by atoms with Crippen molar-refractivity contribution in [1.29, 1.82) is 0 Å². The van der Waals surface area contributed by atoms with E-state index in [1.54, 1.807) is 6.07 Å². The smallest absolute Gasteiger partial charge is 0.334 e. The maximum absolute atomic E-state index is 13.9. The van der Waals surface area contributed by atoms with Gasteiger partial charge < -0.3 is 10.6 Å². The van der Waals surface area contributed by atoms with E-state index in [0.29, 0.717) is 5.69 Å². The van der Waals surface area contributed by atoms with Crippen LogP contribution in [0.3, 0.4) is 0 Å². The van der Waals surface area contributed by atoms with Gasteiger partial charge in [0.25, 0.3) is 0 Å². The topological polar surface area (TPSA) is 93.0 Å². The molecule has 7 nitrogen and oxygen atoms in total. The van der Waals surface area contributed by atoms with Crippen LogP contribution < -0.4 is 10.6 Å². The fourth-order valence-corrected chi connectivity index (χ4v) is 2.50. The Morgan fingerprint density at radius 1 is 1.00 bits per heavy atom. The summed E-state index contributed by atoms with van der Waals surface area (Å²) in [5.41, 5.74) is 1.44. The lowest BCUT2D eigenvalue weighted by molar-refractivity contribution is -0.383. The van der Waals surface area contributed by atoms with Gasteiger partial charge in [-0.2, -0.15) is 0 Å². The number of para-hydroxylation sites is 2. The number of halogens is 1. The Hall–Kier alpha value is -3.55. The summed E-state index contributed by atoms with van der Waals surface area (Å²) in [5.74, 6) is -0.595. The average molecular weight is 353 g/mol. The predicted octanol–water partition coefficient (Wildman–Crippen LogP) is 4.57. The number of aromatic nitrogens is 2. The van der Waals surface area contributed by atoms with Gasteiger partial charge in [-0.15, -0.1) is 0 Å². The van der Waals surface area contributed by atoms with Gasteiger partial charge in [0.2, 0.25) is 11.6 Å². The highest BCUT2D eigenvalue weighted by Crippen LogP contribution is 2.34. The molecule has 2 aromatic carbocycles. The molecule has 8 heteroatoms. The number of nitrogens with one attached hydrogen (secondary N) is 2. The second-order valence-electron chi connectivity index (χ2n) is 5.42. The van der Waals surface area contributed by atoms with E-state index in [1.165, 1.54) is 24.5 Å². The molecule has 0 atom stereocenters. The molecule has 0 unspecified atom stereocenters. The van der Waals surface area contributed by atoms with E-state index in [-0.39, 0.29) is 23.0 Å². The first kappa shape index (κ1) is 17.3. The van der Waals surface area contributed by atoms with Crippen LogP contribution in [0.4, 0.5) is 33.1 Å². The molecule has 0 fully saturated rings. The minimum Gasteiger partial charge on any atom is -0.334 e. The highest BCUT2D eigenvalue weighted by molar-refractivity contribution is 5.77. The molecule has 2 N–H and O–H groups in total. The van der Waals surface area contributed by atoms with Crippen LogP contribution in [0, 0.1) is 15.9 Å². The molecular weight excluding hydrogens is 337 g/mol. The third-order valence-electron chi connectivity index (χ3n) is 3.78. The third kappa shape index (κ3) is 3.59. The summed E-state index contributed by atoms with van der Waals surface area (Å²) in [4.78, 5) is 18.9. The number of benzene rings is 2. The molecule has 0 saturated heterocycles. The van der Waals surface area contributed by atoms with E-state index >= 15 is 0 Å². The van der Waals surface area contributed by atoms with Gasteiger partial charge in [0, 0.05) is 5.69 Å². The largest absolute Gasteiger partial charge is 0.353 e. The zero-order valence-corrected chi connectivity index (χ0v) is 13.9. The number of nitrogens with zero attached hydrogens (tertiary/aromatic N) is 3. The number of anilines is 4. The maximum atomic E-state index is 13.9. The Morgan fingerprint density at radius 3 is 2.19 bits per heavy atom. The summed E-state index contributed by atoms with van der Waals surface area (Å²) < 4.78 is 13.9. The lowest BCUT2D eigenvalue weighted by Gasteiger charge is -2.12. The first-order chi connectivity index (χ1) is 12.6. The van der Waals surface area contributed by atoms with Crippen molar-refractivity contribution in [3.8, 4) is 0 Å². The van der Waals surface area contributed by atoms with Crippen molar-refractivity contribution in [3.05, 3.63) is 76.4 Å². The van der Waals surface area contributed by atoms with Gasteiger partial charge in [-0.3, -0.25) is 10.1 Å². The SMILES string of the molecule is CCc1ccccc1Nc1ncnc(Nc2ccccc2F)c1[N+](=O)[O-]. The lowest BCUT2D eigenvalue weighted by Crippen LogP contribution is -2.07. The van der Waals surface area contributed by atoms with E-state index in [9.17, 15) is 14.5 Å². The quantitative estimate of drug-likeness (QED) is 0.498. The monoisotopic (exact) mass is 353 g/mol. The lowest BCUT2D eigenvalue weighted by atomic mass is 10.1. The van der Waals surface area contributed by atoms with Gasteiger partial charge in [0.05, 0.1) is 10.6 Å². The first-order valence-electron chi connectivity index (χ1n) is 7.96. The fraction of sp³-hybridized carbons (Fsp3) is 0.111. The van der Waals surface area contributed by atoms with E-state index < -0.39 is 10.7 Å². The molecule has 0 amide bonds. The number of nitro groups is 1. The van der Waals surface area contributed by atoms with Crippen LogP contribution in [-0.4, -0.2) is 14.9 Å². The molecule has 26 heavy (non-hydrogen) atoms. The predicted molar refractivity (Wildman–Crippen MR) is 97.5 cm³/mol. The van der Waals surface area contributed by atoms with Gasteiger partial charge in [-0.05, 0) is 30.2 Å². The van der Waals surface area contributed by atoms with Crippen LogP contribution in [0.1, 0.15) is 12.5 Å². The number of hydrogen-bond acceptors (Lipinski definition) is 6. The fourth-order valence-electron chi connectivity index (χ4n) is 2.50. The van der Waals surface area contributed by atoms with E-state index in [2.05, 4.69) is 20.6 Å². The average Bonchev–Trinajstić information content (AvgIpc) is 2.64. The van der Waals surface area contributed by atoms with Crippen LogP contribution in [0.2, 0.25) is 0 Å². The summed E-state index contributed by atoms with van der Waals surface area (Å²) >= 11 is 0. The van der Waals surface area contributed by atoms with Crippen molar-refractivity contribution >= 4 is 28.7 Å². The third-order valence-corrected chi connectivity index (χ3v) is 3.78. The molecule has 132 valence electrons. The summed E-state index contributed by atoms with van der Waals surface area (Å²) in [6.07, 6.45) is 1.94. The van der Waals surface area contributed by atoms with Crippen LogP contribution in [0.5, 0.6) is 0 Å². The second kappa shape index (κ2) is 7.56. The molecule has 0 radical (unpaired) electrons. The molecule has 0 bridgehead atoms. The van der Waals surface area contributed by atoms with Crippen molar-refractivity contribution in [2.45, 2.75) is 13.3 Å². The molecular formula is C18H16FN5O2. The van der Waals surface area contributed by atoms with Crippen LogP contribution in [0.25, 0.3) is 0 Å². The number of aryl methyl sites for hydroxylation is 1. The molecule has 0 aliphatic heterocycles. The standard InChI is InChI=1S/C18H16FN5O2/c1-2-12-7-3-5-9-14(12)22-17-16(24(25)26)18(21-11-20-17)23-15-10-6-4-8-13(15)19/h3-11H,2H2,1H3,(H2,20,21,22,23). The highest BCUT2D eigenvalue weighted by Gasteiger charge is 2.24. The highest BCUT2D eigenvalue weighted by atomic mass is 19.1. The molecule has 0 spiro atoms. The van der Waals surface area contributed by atoms with Crippen molar-refractivity contribution in [2.24, 2.45) is 0 Å². The van der Waals surface area contributed by atoms with Crippen LogP contribution in [-0.2, 0) is 6.42 Å². The summed E-state index contributed by atoms with van der Waals surface area (Å²) in [6.45, 7) is 1.99. The summed E-state index contributed by atoms with van der Waals surface area (Å²) in [6, 6.07) is 13.3. The van der Waals surface area contributed by atoms with Crippen LogP contribution >= 0.6 is 0 Å². The Kier molecular flexibility index (Phi) is 5.02. The molecule has 1 aromatic heterocycles. The Morgan fingerprint density at radius 2 is 1.58 bits per heavy atom. The van der Waals surface area contributed by atoms with Gasteiger partial charge >= 0.3 is 5.69 Å². The molecule has 0 aliphatic rings. The minimum atomic E-state index is -0.597. The van der Waals surface area contributed by atoms with Crippen molar-refractivity contribution in [1.82, 2.24) is 9.97 Å². The molecule has 0 aliphatic carbocycles. The van der Waals surface area contributed by atoms with Gasteiger partial charge in [0.15, 0.2) is 0 Å². The normalized spacial score (nSPS) is 10.4. The summed E-state index contributed by atoms with van der Waals surface area (Å²) in [7, 11) is 0. The van der Waals surface area contributed by atoms with Gasteiger partial charge in [-0.25, -0.2) is 14.4 Å². The van der Waals surface area contributed by atoms with Gasteiger partial charge in [-0.1, -0.05) is 37.3 Å². The maximum Gasteiger partial charge on any atom is 0.353 e. The first-order valence-corrected chi connectivity index (χ1v) is 7.96. The minimum absolute atomic E-state index is 0.0322. The molecule has 1 heterocycles. The van der Waals surface area contributed by atoms with E-state index in [0.717, 1.165) is 12.0 Å². The Bertz CT molecular complexity index is 948. The Balaban J connectivity index is 2.01. The van der Waals surface area contributed by atoms with Crippen molar-refractivity contribution < 1.29 is 9.31 Å². The van der Waals surface area contributed by atoms with Crippen molar-refractivity contribution in [2.75, 3.05) is 10.6 Å². The van der Waals surface area contributed by atoms with Crippen molar-refractivity contribution in [3.63, 3.8) is 0 Å². The zero-order chi connectivity index (χ0) is 18.5. The van der Waals surface area contributed by atoms with E-state index in [4.69, 9.17) is 0 Å². The number of hydrogen-bond donors (Lipinski definition) is 2. The Labute approximate surface area is 149 Å². The molecule has 3 rings (SSSR count).